The fourth-order valence-electron chi connectivity index (χ4n) is 3.27. The molecule has 0 spiro atoms. The zero-order valence-electron chi connectivity index (χ0n) is 8.24. The SMILES string of the molecule is O=CC1CC2CCCC(C(=O)O)(C1)C2. The minimum Gasteiger partial charge on any atom is -0.481 e. The van der Waals surface area contributed by atoms with Crippen LogP contribution in [0.5, 0.6) is 0 Å². The minimum absolute atomic E-state index is 0.00912. The van der Waals surface area contributed by atoms with Crippen LogP contribution in [0.2, 0.25) is 0 Å². The molecule has 78 valence electrons. The fourth-order valence-corrected chi connectivity index (χ4v) is 3.27. The summed E-state index contributed by atoms with van der Waals surface area (Å²) in [5, 5.41) is 9.24. The van der Waals surface area contributed by atoms with Crippen LogP contribution in [0.3, 0.4) is 0 Å². The van der Waals surface area contributed by atoms with E-state index in [0.29, 0.717) is 12.3 Å². The van der Waals surface area contributed by atoms with Crippen LogP contribution < -0.4 is 0 Å². The minimum atomic E-state index is -0.686. The topological polar surface area (TPSA) is 54.4 Å². The molecule has 3 atom stereocenters. The molecular formula is C11H16O3. The fraction of sp³-hybridized carbons (Fsp3) is 0.818. The lowest BCUT2D eigenvalue weighted by Gasteiger charge is -2.44. The average molecular weight is 196 g/mol. The normalized spacial score (nSPS) is 41.7. The smallest absolute Gasteiger partial charge is 0.309 e. The number of carboxylic acids is 1. The molecule has 0 aliphatic heterocycles. The van der Waals surface area contributed by atoms with Crippen LogP contribution in [-0.4, -0.2) is 17.4 Å². The average Bonchev–Trinajstić information content (AvgIpc) is 2.17. The highest BCUT2D eigenvalue weighted by Gasteiger charge is 2.48. The molecule has 2 saturated carbocycles. The molecule has 2 bridgehead atoms. The summed E-state index contributed by atoms with van der Waals surface area (Å²) in [6.07, 6.45) is 6.13. The maximum atomic E-state index is 11.2. The molecule has 0 amide bonds. The Hall–Kier alpha value is -0.860. The van der Waals surface area contributed by atoms with Gasteiger partial charge in [0.1, 0.15) is 6.29 Å². The molecule has 2 aliphatic carbocycles. The van der Waals surface area contributed by atoms with Gasteiger partial charge in [0.2, 0.25) is 0 Å². The molecule has 0 aromatic rings. The highest BCUT2D eigenvalue weighted by Crippen LogP contribution is 2.50. The Labute approximate surface area is 83.5 Å². The number of carbonyl (C=O) groups excluding carboxylic acids is 1. The number of fused-ring (bicyclic) bond motifs is 2. The van der Waals surface area contributed by atoms with Crippen LogP contribution >= 0.6 is 0 Å². The van der Waals surface area contributed by atoms with E-state index < -0.39 is 11.4 Å². The molecule has 2 fully saturated rings. The van der Waals surface area contributed by atoms with E-state index in [4.69, 9.17) is 0 Å². The molecule has 0 heterocycles. The van der Waals surface area contributed by atoms with Crippen molar-refractivity contribution in [1.29, 1.82) is 0 Å². The third-order valence-corrected chi connectivity index (χ3v) is 3.88. The van der Waals surface area contributed by atoms with E-state index in [9.17, 15) is 14.7 Å². The summed E-state index contributed by atoms with van der Waals surface area (Å²) in [6, 6.07) is 0. The van der Waals surface area contributed by atoms with Crippen molar-refractivity contribution in [2.75, 3.05) is 0 Å². The summed E-state index contributed by atoms with van der Waals surface area (Å²) in [5.74, 6) is -0.220. The lowest BCUT2D eigenvalue weighted by Crippen LogP contribution is -2.42. The Kier molecular flexibility index (Phi) is 2.33. The molecule has 0 aromatic heterocycles. The summed E-state index contributed by atoms with van der Waals surface area (Å²) in [5.41, 5.74) is -0.563. The Morgan fingerprint density at radius 3 is 2.86 bits per heavy atom. The van der Waals surface area contributed by atoms with E-state index >= 15 is 0 Å². The number of aliphatic carboxylic acids is 1. The number of aldehydes is 1. The van der Waals surface area contributed by atoms with Crippen molar-refractivity contribution in [2.45, 2.75) is 38.5 Å². The Morgan fingerprint density at radius 1 is 1.43 bits per heavy atom. The first-order valence-corrected chi connectivity index (χ1v) is 5.35. The summed E-state index contributed by atoms with van der Waals surface area (Å²) in [4.78, 5) is 22.0. The second-order valence-electron chi connectivity index (χ2n) is 4.88. The quantitative estimate of drug-likeness (QED) is 0.686. The summed E-state index contributed by atoms with van der Waals surface area (Å²) < 4.78 is 0. The van der Waals surface area contributed by atoms with Crippen molar-refractivity contribution >= 4 is 12.3 Å². The van der Waals surface area contributed by atoms with E-state index in [2.05, 4.69) is 0 Å². The molecule has 1 N–H and O–H groups in total. The zero-order chi connectivity index (χ0) is 10.2. The van der Waals surface area contributed by atoms with E-state index in [1.807, 2.05) is 0 Å². The first-order chi connectivity index (χ1) is 6.66. The molecule has 3 nitrogen and oxygen atoms in total. The van der Waals surface area contributed by atoms with Crippen molar-refractivity contribution in [3.05, 3.63) is 0 Å². The summed E-state index contributed by atoms with van der Waals surface area (Å²) in [7, 11) is 0. The van der Waals surface area contributed by atoms with E-state index in [1.165, 1.54) is 0 Å². The van der Waals surface area contributed by atoms with Crippen LogP contribution in [0.4, 0.5) is 0 Å². The van der Waals surface area contributed by atoms with Gasteiger partial charge in [-0.15, -0.1) is 0 Å². The van der Waals surface area contributed by atoms with Crippen molar-refractivity contribution in [1.82, 2.24) is 0 Å². The molecule has 14 heavy (non-hydrogen) atoms. The molecule has 0 radical (unpaired) electrons. The molecule has 0 aromatic carbocycles. The van der Waals surface area contributed by atoms with Gasteiger partial charge in [0.15, 0.2) is 0 Å². The third-order valence-electron chi connectivity index (χ3n) is 3.88. The summed E-state index contributed by atoms with van der Waals surface area (Å²) >= 11 is 0. The van der Waals surface area contributed by atoms with Gasteiger partial charge in [0.05, 0.1) is 5.41 Å². The summed E-state index contributed by atoms with van der Waals surface area (Å²) in [6.45, 7) is 0. The second kappa shape index (κ2) is 3.37. The molecule has 3 unspecified atom stereocenters. The highest BCUT2D eigenvalue weighted by molar-refractivity contribution is 5.75. The number of hydrogen-bond donors (Lipinski definition) is 1. The van der Waals surface area contributed by atoms with Gasteiger partial charge in [-0.2, -0.15) is 0 Å². The van der Waals surface area contributed by atoms with Crippen molar-refractivity contribution in [3.63, 3.8) is 0 Å². The van der Waals surface area contributed by atoms with Gasteiger partial charge in [-0.25, -0.2) is 0 Å². The standard InChI is InChI=1S/C11H16O3/c12-7-9-4-8-2-1-3-11(5-8,6-9)10(13)14/h7-9H,1-6H2,(H,13,14). The molecule has 2 aliphatic rings. The van der Waals surface area contributed by atoms with Gasteiger partial charge >= 0.3 is 5.97 Å². The first-order valence-electron chi connectivity index (χ1n) is 5.35. The predicted molar refractivity (Wildman–Crippen MR) is 50.8 cm³/mol. The van der Waals surface area contributed by atoms with Crippen LogP contribution in [-0.2, 0) is 9.59 Å². The van der Waals surface area contributed by atoms with Gasteiger partial charge in [-0.05, 0) is 31.6 Å². The van der Waals surface area contributed by atoms with Crippen LogP contribution in [0.25, 0.3) is 0 Å². The maximum absolute atomic E-state index is 11.2. The molecular weight excluding hydrogens is 180 g/mol. The van der Waals surface area contributed by atoms with Crippen molar-refractivity contribution < 1.29 is 14.7 Å². The van der Waals surface area contributed by atoms with E-state index in [1.54, 1.807) is 0 Å². The zero-order valence-corrected chi connectivity index (χ0v) is 8.24. The maximum Gasteiger partial charge on any atom is 0.309 e. The first kappa shape index (κ1) is 9.69. The van der Waals surface area contributed by atoms with Gasteiger partial charge in [0.25, 0.3) is 0 Å². The molecule has 0 saturated heterocycles. The van der Waals surface area contributed by atoms with Gasteiger partial charge < -0.3 is 9.90 Å². The molecule has 3 heteroatoms. The number of rotatable bonds is 2. The monoisotopic (exact) mass is 196 g/mol. The Bertz CT molecular complexity index is 261. The lowest BCUT2D eigenvalue weighted by molar-refractivity contribution is -0.156. The number of carboxylic acid groups (broad SMARTS) is 1. The number of hydrogen-bond acceptors (Lipinski definition) is 2. The predicted octanol–water partition coefficient (Wildman–Crippen LogP) is 1.86. The van der Waals surface area contributed by atoms with Gasteiger partial charge in [-0.1, -0.05) is 12.8 Å². The van der Waals surface area contributed by atoms with E-state index in [-0.39, 0.29) is 5.92 Å². The van der Waals surface area contributed by atoms with Crippen molar-refractivity contribution in [2.24, 2.45) is 17.3 Å². The van der Waals surface area contributed by atoms with Crippen molar-refractivity contribution in [3.8, 4) is 0 Å². The molecule has 2 rings (SSSR count). The van der Waals surface area contributed by atoms with Gasteiger partial charge in [0, 0.05) is 5.92 Å². The highest BCUT2D eigenvalue weighted by atomic mass is 16.4. The van der Waals surface area contributed by atoms with Crippen LogP contribution in [0.15, 0.2) is 0 Å². The van der Waals surface area contributed by atoms with Crippen LogP contribution in [0, 0.1) is 17.3 Å². The van der Waals surface area contributed by atoms with Crippen LogP contribution in [0.1, 0.15) is 38.5 Å². The Balaban J connectivity index is 2.21. The lowest BCUT2D eigenvalue weighted by atomic mass is 9.59. The third kappa shape index (κ3) is 1.45. The largest absolute Gasteiger partial charge is 0.481 e. The second-order valence-corrected chi connectivity index (χ2v) is 4.88. The Morgan fingerprint density at radius 2 is 2.21 bits per heavy atom. The number of carbonyl (C=O) groups is 2. The van der Waals surface area contributed by atoms with E-state index in [0.717, 1.165) is 38.4 Å². The van der Waals surface area contributed by atoms with Gasteiger partial charge in [-0.3, -0.25) is 4.79 Å².